The fraction of sp³-hybridized carbons (Fsp3) is 0.632. The summed E-state index contributed by atoms with van der Waals surface area (Å²) in [6, 6.07) is 6.17. The van der Waals surface area contributed by atoms with Gasteiger partial charge in [-0.1, -0.05) is 6.07 Å². The Morgan fingerprint density at radius 2 is 2.18 bits per heavy atom. The molecule has 1 aromatic carbocycles. The van der Waals surface area contributed by atoms with Gasteiger partial charge < -0.3 is 9.47 Å². The van der Waals surface area contributed by atoms with Gasteiger partial charge in [-0.15, -0.1) is 0 Å². The average molecular weight is 300 g/mol. The maximum atomic E-state index is 11.7. The quantitative estimate of drug-likeness (QED) is 0.742. The van der Waals surface area contributed by atoms with Crippen molar-refractivity contribution in [2.75, 3.05) is 13.7 Å². The van der Waals surface area contributed by atoms with Crippen LogP contribution in [-0.4, -0.2) is 25.3 Å². The van der Waals surface area contributed by atoms with Crippen molar-refractivity contribution in [2.24, 2.45) is 11.8 Å². The molecule has 22 heavy (non-hydrogen) atoms. The number of ether oxygens (including phenoxy) is 2. The van der Waals surface area contributed by atoms with Gasteiger partial charge in [0.25, 0.3) is 0 Å². The van der Waals surface area contributed by atoms with E-state index < -0.39 is 0 Å². The number of hydrogen-bond donors (Lipinski definition) is 0. The lowest BCUT2D eigenvalue weighted by Crippen LogP contribution is -2.44. The Labute approximate surface area is 132 Å². The molecule has 1 heterocycles. The smallest absolute Gasteiger partial charge is 0.337 e. The standard InChI is InChI=1S/C19H24O3/c1-19-9-7-15-14-5-4-13(18(20)21-2)11-12(14)3-6-16(15)17(19)8-10-22-19/h4-5,11,15-17H,3,6-10H2,1-2H3/t15-,16-,17+,19+/m1/s1. The van der Waals surface area contributed by atoms with Crippen molar-refractivity contribution < 1.29 is 14.3 Å². The first-order chi connectivity index (χ1) is 10.6. The third kappa shape index (κ3) is 2.02. The number of hydrogen-bond acceptors (Lipinski definition) is 3. The molecule has 1 aromatic rings. The summed E-state index contributed by atoms with van der Waals surface area (Å²) >= 11 is 0. The molecule has 4 rings (SSSR count). The van der Waals surface area contributed by atoms with E-state index in [2.05, 4.69) is 19.1 Å². The van der Waals surface area contributed by atoms with Crippen LogP contribution in [0.5, 0.6) is 0 Å². The molecule has 1 saturated heterocycles. The van der Waals surface area contributed by atoms with Crippen LogP contribution in [-0.2, 0) is 15.9 Å². The Bertz CT molecular complexity index is 609. The van der Waals surface area contributed by atoms with Crippen molar-refractivity contribution >= 4 is 5.97 Å². The highest BCUT2D eigenvalue weighted by Crippen LogP contribution is 2.55. The summed E-state index contributed by atoms with van der Waals surface area (Å²) in [6.07, 6.45) is 5.90. The van der Waals surface area contributed by atoms with Crippen LogP contribution in [0, 0.1) is 11.8 Å². The first-order valence-corrected chi connectivity index (χ1v) is 8.47. The molecule has 3 nitrogen and oxygen atoms in total. The van der Waals surface area contributed by atoms with Crippen LogP contribution in [0.3, 0.4) is 0 Å². The molecule has 1 saturated carbocycles. The van der Waals surface area contributed by atoms with Crippen LogP contribution in [0.4, 0.5) is 0 Å². The third-order valence-electron chi connectivity index (χ3n) is 6.34. The van der Waals surface area contributed by atoms with Crippen LogP contribution in [0.1, 0.15) is 60.0 Å². The molecule has 0 radical (unpaired) electrons. The van der Waals surface area contributed by atoms with E-state index in [4.69, 9.17) is 9.47 Å². The molecule has 0 spiro atoms. The van der Waals surface area contributed by atoms with Gasteiger partial charge in [0.1, 0.15) is 0 Å². The van der Waals surface area contributed by atoms with Crippen molar-refractivity contribution in [1.29, 1.82) is 0 Å². The lowest BCUT2D eigenvalue weighted by molar-refractivity contribution is -0.0566. The Morgan fingerprint density at radius 1 is 1.32 bits per heavy atom. The molecule has 118 valence electrons. The summed E-state index contributed by atoms with van der Waals surface area (Å²) < 4.78 is 10.9. The van der Waals surface area contributed by atoms with E-state index in [-0.39, 0.29) is 11.6 Å². The normalized spacial score (nSPS) is 36.2. The van der Waals surface area contributed by atoms with Crippen molar-refractivity contribution in [3.63, 3.8) is 0 Å². The number of methoxy groups -OCH3 is 1. The zero-order valence-electron chi connectivity index (χ0n) is 13.4. The van der Waals surface area contributed by atoms with Gasteiger partial charge in [0.05, 0.1) is 18.3 Å². The highest BCUT2D eigenvalue weighted by Gasteiger charge is 2.51. The van der Waals surface area contributed by atoms with Gasteiger partial charge in [-0.2, -0.15) is 0 Å². The molecule has 2 aliphatic carbocycles. The summed E-state index contributed by atoms with van der Waals surface area (Å²) in [4.78, 5) is 11.7. The van der Waals surface area contributed by atoms with Crippen LogP contribution < -0.4 is 0 Å². The first kappa shape index (κ1) is 14.3. The average Bonchev–Trinajstić information content (AvgIpc) is 2.95. The number of carbonyl (C=O) groups excluding carboxylic acids is 1. The zero-order valence-corrected chi connectivity index (χ0v) is 13.4. The van der Waals surface area contributed by atoms with Crippen molar-refractivity contribution in [3.8, 4) is 0 Å². The van der Waals surface area contributed by atoms with Crippen LogP contribution in [0.15, 0.2) is 18.2 Å². The predicted octanol–water partition coefficient (Wildman–Crippen LogP) is 3.71. The summed E-state index contributed by atoms with van der Waals surface area (Å²) in [5.74, 6) is 1.87. The summed E-state index contributed by atoms with van der Waals surface area (Å²) in [6.45, 7) is 3.25. The fourth-order valence-corrected chi connectivity index (χ4v) is 5.23. The maximum absolute atomic E-state index is 11.7. The second-order valence-electron chi connectivity index (χ2n) is 7.31. The fourth-order valence-electron chi connectivity index (χ4n) is 5.23. The maximum Gasteiger partial charge on any atom is 0.337 e. The van der Waals surface area contributed by atoms with Gasteiger partial charge in [0.15, 0.2) is 0 Å². The molecule has 3 heteroatoms. The molecule has 0 bridgehead atoms. The van der Waals surface area contributed by atoms with E-state index >= 15 is 0 Å². The van der Waals surface area contributed by atoms with Gasteiger partial charge >= 0.3 is 5.97 Å². The number of benzene rings is 1. The SMILES string of the molecule is COC(=O)c1ccc2c(c1)CC[C@@H]1[C@@H]2CC[C@]2(C)OCC[C@@H]12. The van der Waals surface area contributed by atoms with Crippen molar-refractivity contribution in [2.45, 2.75) is 50.5 Å². The van der Waals surface area contributed by atoms with E-state index in [1.165, 1.54) is 37.5 Å². The number of fused-ring (bicyclic) bond motifs is 5. The van der Waals surface area contributed by atoms with Gasteiger partial charge in [-0.25, -0.2) is 4.79 Å². The Balaban J connectivity index is 1.67. The minimum Gasteiger partial charge on any atom is -0.465 e. The summed E-state index contributed by atoms with van der Waals surface area (Å²) in [7, 11) is 1.44. The molecule has 0 amide bonds. The predicted molar refractivity (Wildman–Crippen MR) is 84.0 cm³/mol. The number of rotatable bonds is 1. The second-order valence-corrected chi connectivity index (χ2v) is 7.31. The minimum atomic E-state index is -0.231. The van der Waals surface area contributed by atoms with E-state index in [0.717, 1.165) is 25.4 Å². The summed E-state index contributed by atoms with van der Waals surface area (Å²) in [5, 5.41) is 0. The van der Waals surface area contributed by atoms with Crippen molar-refractivity contribution in [1.82, 2.24) is 0 Å². The molecular weight excluding hydrogens is 276 g/mol. The molecule has 0 unspecified atom stereocenters. The monoisotopic (exact) mass is 300 g/mol. The second kappa shape index (κ2) is 5.09. The molecule has 2 fully saturated rings. The molecular formula is C19H24O3. The minimum absolute atomic E-state index is 0.116. The van der Waals surface area contributed by atoms with Gasteiger partial charge in [-0.3, -0.25) is 0 Å². The molecule has 3 aliphatic rings. The number of esters is 1. The van der Waals surface area contributed by atoms with Crippen LogP contribution >= 0.6 is 0 Å². The Morgan fingerprint density at radius 3 is 3.00 bits per heavy atom. The van der Waals surface area contributed by atoms with Gasteiger partial charge in [0, 0.05) is 6.61 Å². The Hall–Kier alpha value is -1.35. The summed E-state index contributed by atoms with van der Waals surface area (Å²) in [5.41, 5.74) is 3.62. The zero-order chi connectivity index (χ0) is 15.3. The number of aryl methyl sites for hydroxylation is 1. The van der Waals surface area contributed by atoms with Crippen LogP contribution in [0.25, 0.3) is 0 Å². The molecule has 0 N–H and O–H groups in total. The lowest BCUT2D eigenvalue weighted by atomic mass is 9.59. The molecule has 1 aliphatic heterocycles. The van der Waals surface area contributed by atoms with E-state index in [9.17, 15) is 4.79 Å². The highest BCUT2D eigenvalue weighted by atomic mass is 16.5. The first-order valence-electron chi connectivity index (χ1n) is 8.47. The molecule has 0 aromatic heterocycles. The largest absolute Gasteiger partial charge is 0.465 e. The third-order valence-corrected chi connectivity index (χ3v) is 6.34. The van der Waals surface area contributed by atoms with Gasteiger partial charge in [0.2, 0.25) is 0 Å². The van der Waals surface area contributed by atoms with E-state index in [1.807, 2.05) is 6.07 Å². The van der Waals surface area contributed by atoms with Crippen LogP contribution in [0.2, 0.25) is 0 Å². The Kier molecular flexibility index (Phi) is 3.30. The van der Waals surface area contributed by atoms with E-state index in [0.29, 0.717) is 17.4 Å². The lowest BCUT2D eigenvalue weighted by Gasteiger charge is -2.48. The molecule has 4 atom stereocenters. The van der Waals surface area contributed by atoms with E-state index in [1.54, 1.807) is 0 Å². The van der Waals surface area contributed by atoms with Gasteiger partial charge in [-0.05, 0) is 80.0 Å². The highest BCUT2D eigenvalue weighted by molar-refractivity contribution is 5.89. The number of carbonyl (C=O) groups is 1. The topological polar surface area (TPSA) is 35.5 Å². The van der Waals surface area contributed by atoms with Crippen molar-refractivity contribution in [3.05, 3.63) is 34.9 Å².